The lowest BCUT2D eigenvalue weighted by molar-refractivity contribution is -0.432. The molecule has 0 heterocycles. The maximum Gasteiger partial charge on any atom is 0.294 e. The minimum absolute atomic E-state index is 0.130. The number of benzene rings is 2. The molecule has 118 valence electrons. The predicted molar refractivity (Wildman–Crippen MR) is 81.8 cm³/mol. The van der Waals surface area contributed by atoms with Crippen LogP contribution in [-0.2, 0) is 19.5 Å². The summed E-state index contributed by atoms with van der Waals surface area (Å²) in [5.74, 6) is 0. The van der Waals surface area contributed by atoms with Crippen LogP contribution in [0.4, 0.5) is 0 Å². The molecule has 2 aromatic carbocycles. The van der Waals surface area contributed by atoms with E-state index in [9.17, 15) is 13.0 Å². The van der Waals surface area contributed by atoms with Crippen LogP contribution >= 0.6 is 12.0 Å². The maximum atomic E-state index is 11.4. The topological polar surface area (TPSA) is 93.1 Å². The van der Waals surface area contributed by atoms with Gasteiger partial charge in [0.2, 0.25) is 0 Å². The third kappa shape index (κ3) is 3.86. The van der Waals surface area contributed by atoms with E-state index in [1.807, 2.05) is 19.1 Å². The Kier molecular flexibility index (Phi) is 5.22. The number of rotatable bonds is 5. The summed E-state index contributed by atoms with van der Waals surface area (Å²) in [6, 6.07) is 10.2. The highest BCUT2D eigenvalue weighted by atomic mass is 32.2. The van der Waals surface area contributed by atoms with Crippen molar-refractivity contribution >= 4 is 22.2 Å². The zero-order chi connectivity index (χ0) is 16.3. The molecular formula is C14H14O6S2. The fraction of sp³-hybridized carbons (Fsp3) is 0.143. The van der Waals surface area contributed by atoms with Crippen LogP contribution in [0.15, 0.2) is 46.2 Å². The van der Waals surface area contributed by atoms with Gasteiger partial charge in [0.1, 0.15) is 0 Å². The van der Waals surface area contributed by atoms with Crippen molar-refractivity contribution < 1.29 is 27.6 Å². The highest BCUT2D eigenvalue weighted by molar-refractivity contribution is 7.94. The van der Waals surface area contributed by atoms with Crippen LogP contribution in [-0.4, -0.2) is 18.2 Å². The Morgan fingerprint density at radius 1 is 1.00 bits per heavy atom. The van der Waals surface area contributed by atoms with Crippen molar-refractivity contribution in [3.8, 4) is 11.1 Å². The van der Waals surface area contributed by atoms with Crippen LogP contribution in [0, 0.1) is 13.8 Å². The van der Waals surface area contributed by atoms with Crippen LogP contribution in [0.5, 0.6) is 0 Å². The van der Waals surface area contributed by atoms with Gasteiger partial charge in [0.05, 0.1) is 16.9 Å². The van der Waals surface area contributed by atoms with Gasteiger partial charge in [-0.05, 0) is 48.2 Å². The summed E-state index contributed by atoms with van der Waals surface area (Å²) in [6.45, 7) is 3.46. The van der Waals surface area contributed by atoms with E-state index in [4.69, 9.17) is 5.26 Å². The van der Waals surface area contributed by atoms with Gasteiger partial charge in [-0.25, -0.2) is 5.26 Å². The van der Waals surface area contributed by atoms with Gasteiger partial charge in [0, 0.05) is 4.90 Å². The quantitative estimate of drug-likeness (QED) is 0.371. The Balaban J connectivity index is 2.48. The van der Waals surface area contributed by atoms with Crippen molar-refractivity contribution in [2.45, 2.75) is 23.6 Å². The third-order valence-electron chi connectivity index (χ3n) is 3.14. The molecule has 2 N–H and O–H groups in total. The average molecular weight is 342 g/mol. The molecule has 8 heteroatoms. The van der Waals surface area contributed by atoms with E-state index in [2.05, 4.69) is 9.37 Å². The fourth-order valence-corrected chi connectivity index (χ4v) is 3.21. The van der Waals surface area contributed by atoms with E-state index in [1.54, 1.807) is 25.1 Å². The summed E-state index contributed by atoms with van der Waals surface area (Å²) in [6.07, 6.45) is 0. The van der Waals surface area contributed by atoms with E-state index in [-0.39, 0.29) is 4.90 Å². The van der Waals surface area contributed by atoms with Gasteiger partial charge in [0.25, 0.3) is 10.1 Å². The lowest BCUT2D eigenvalue weighted by atomic mass is 10.0. The molecule has 22 heavy (non-hydrogen) atoms. The third-order valence-corrected chi connectivity index (χ3v) is 4.89. The zero-order valence-electron chi connectivity index (χ0n) is 11.8. The maximum absolute atomic E-state index is 11.4. The first kappa shape index (κ1) is 16.9. The smallest absolute Gasteiger partial charge is 0.282 e. The second-order valence-electron chi connectivity index (χ2n) is 4.66. The van der Waals surface area contributed by atoms with Gasteiger partial charge in [-0.1, -0.05) is 29.3 Å². The van der Waals surface area contributed by atoms with Gasteiger partial charge >= 0.3 is 0 Å². The zero-order valence-corrected chi connectivity index (χ0v) is 13.4. The Morgan fingerprint density at radius 3 is 2.18 bits per heavy atom. The van der Waals surface area contributed by atoms with E-state index >= 15 is 0 Å². The molecule has 0 aliphatic rings. The van der Waals surface area contributed by atoms with E-state index in [0.717, 1.165) is 23.2 Å². The summed E-state index contributed by atoms with van der Waals surface area (Å²) in [5.41, 5.74) is 2.72. The second-order valence-corrected chi connectivity index (χ2v) is 6.79. The van der Waals surface area contributed by atoms with Crippen LogP contribution < -0.4 is 0 Å². The molecule has 0 amide bonds. The molecule has 0 atom stereocenters. The Hall–Kier alpha value is -1.42. The summed E-state index contributed by atoms with van der Waals surface area (Å²) in [4.78, 5) is 0.565. The van der Waals surface area contributed by atoms with Crippen molar-refractivity contribution in [3.05, 3.63) is 47.5 Å². The monoisotopic (exact) mass is 342 g/mol. The van der Waals surface area contributed by atoms with Crippen LogP contribution in [0.3, 0.4) is 0 Å². The molecule has 0 saturated heterocycles. The summed E-state index contributed by atoms with van der Waals surface area (Å²) in [5, 5.41) is 11.8. The van der Waals surface area contributed by atoms with Crippen molar-refractivity contribution in [2.75, 3.05) is 0 Å². The minimum atomic E-state index is -4.28. The molecule has 0 radical (unpaired) electrons. The SMILES string of the molecule is Cc1ccc(-c2ccc(C)c(S(=O)(=O)O)c2)cc1SOOO. The predicted octanol–water partition coefficient (Wildman–Crippen LogP) is 3.65. The van der Waals surface area contributed by atoms with E-state index < -0.39 is 10.1 Å². The molecular weight excluding hydrogens is 328 g/mol. The highest BCUT2D eigenvalue weighted by Crippen LogP contribution is 2.31. The number of hydrogen-bond donors (Lipinski definition) is 2. The molecule has 0 aliphatic carbocycles. The first-order chi connectivity index (χ1) is 10.3. The Bertz CT molecular complexity index is 786. The van der Waals surface area contributed by atoms with Crippen molar-refractivity contribution in [2.24, 2.45) is 0 Å². The average Bonchev–Trinajstić information content (AvgIpc) is 2.46. The molecule has 0 aliphatic heterocycles. The van der Waals surface area contributed by atoms with Gasteiger partial charge in [-0.3, -0.25) is 4.55 Å². The van der Waals surface area contributed by atoms with E-state index in [0.29, 0.717) is 16.0 Å². The number of aryl methyl sites for hydroxylation is 2. The molecule has 0 unspecified atom stereocenters. The highest BCUT2D eigenvalue weighted by Gasteiger charge is 2.14. The summed E-state index contributed by atoms with van der Waals surface area (Å²) >= 11 is 0.829. The van der Waals surface area contributed by atoms with E-state index in [1.165, 1.54) is 6.07 Å². The minimum Gasteiger partial charge on any atom is -0.282 e. The Labute approximate surface area is 132 Å². The van der Waals surface area contributed by atoms with Gasteiger partial charge < -0.3 is 0 Å². The fourth-order valence-electron chi connectivity index (χ4n) is 1.98. The first-order valence-corrected chi connectivity index (χ1v) is 8.35. The van der Waals surface area contributed by atoms with Crippen molar-refractivity contribution in [1.82, 2.24) is 0 Å². The molecule has 0 spiro atoms. The number of hydrogen-bond acceptors (Lipinski definition) is 6. The molecule has 2 aromatic rings. The van der Waals surface area contributed by atoms with Gasteiger partial charge in [-0.15, -0.1) is 4.33 Å². The molecule has 0 bridgehead atoms. The molecule has 0 saturated carbocycles. The largest absolute Gasteiger partial charge is 0.294 e. The van der Waals surface area contributed by atoms with Crippen LogP contribution in [0.2, 0.25) is 0 Å². The first-order valence-electron chi connectivity index (χ1n) is 6.17. The Morgan fingerprint density at radius 2 is 1.59 bits per heavy atom. The standard InChI is InChI=1S/C14H14O6S2/c1-9-3-5-11(7-13(9)21-20-19-15)12-6-4-10(2)14(8-12)22(16,17)18/h3-8,15H,1-2H3,(H,16,17,18). The molecule has 0 aromatic heterocycles. The van der Waals surface area contributed by atoms with Crippen molar-refractivity contribution in [1.29, 1.82) is 0 Å². The molecule has 2 rings (SSSR count). The summed E-state index contributed by atoms with van der Waals surface area (Å²) in [7, 11) is -4.28. The van der Waals surface area contributed by atoms with Crippen LogP contribution in [0.25, 0.3) is 11.1 Å². The molecule has 6 nitrogen and oxygen atoms in total. The molecule has 0 fully saturated rings. The normalized spacial score (nSPS) is 11.6. The lowest BCUT2D eigenvalue weighted by Crippen LogP contribution is -2.01. The second kappa shape index (κ2) is 6.78. The van der Waals surface area contributed by atoms with Gasteiger partial charge in [0.15, 0.2) is 0 Å². The van der Waals surface area contributed by atoms with Crippen molar-refractivity contribution in [3.63, 3.8) is 0 Å². The van der Waals surface area contributed by atoms with Crippen LogP contribution in [0.1, 0.15) is 11.1 Å². The van der Waals surface area contributed by atoms with Gasteiger partial charge in [-0.2, -0.15) is 8.42 Å². The summed E-state index contributed by atoms with van der Waals surface area (Å²) < 4.78 is 36.5. The lowest BCUT2D eigenvalue weighted by Gasteiger charge is -2.09.